The smallest absolute Gasteiger partial charge is 0.232 e. The van der Waals surface area contributed by atoms with E-state index in [2.05, 4.69) is 18.8 Å². The average molecular weight is 437 g/mol. The summed E-state index contributed by atoms with van der Waals surface area (Å²) < 4.78 is 22.1. The predicted octanol–water partition coefficient (Wildman–Crippen LogP) is 4.40. The van der Waals surface area contributed by atoms with Gasteiger partial charge in [0.2, 0.25) is 5.91 Å². The molecule has 0 spiro atoms. The zero-order chi connectivity index (χ0) is 22.5. The summed E-state index contributed by atoms with van der Waals surface area (Å²) in [5, 5.41) is 0. The van der Waals surface area contributed by atoms with Crippen LogP contribution in [0.1, 0.15) is 64.5 Å². The lowest BCUT2D eigenvalue weighted by Crippen LogP contribution is -2.44. The van der Waals surface area contributed by atoms with Crippen LogP contribution >= 0.6 is 0 Å². The van der Waals surface area contributed by atoms with E-state index in [1.165, 1.54) is 12.8 Å². The summed E-state index contributed by atoms with van der Waals surface area (Å²) in [5.41, 5.74) is 0.681. The molecular weight excluding hydrogens is 396 g/mol. The topological polar surface area (TPSA) is 70.1 Å². The zero-order valence-corrected chi connectivity index (χ0v) is 19.7. The first kappa shape index (κ1) is 25.6. The Kier molecular flexibility index (Phi) is 11.9. The molecule has 1 saturated carbocycles. The molecule has 0 radical (unpaired) electrons. The van der Waals surface area contributed by atoms with Crippen molar-refractivity contribution in [3.63, 3.8) is 0 Å². The normalized spacial score (nSPS) is 14.6. The summed E-state index contributed by atoms with van der Waals surface area (Å²) >= 11 is 0. The van der Waals surface area contributed by atoms with Crippen LogP contribution in [0.4, 0.5) is 0 Å². The molecule has 1 amide bonds. The van der Waals surface area contributed by atoms with Crippen LogP contribution < -0.4 is 4.74 Å². The summed E-state index contributed by atoms with van der Waals surface area (Å²) in [6.45, 7) is 5.39. The number of ether oxygens (including phenoxy) is 4. The molecule has 31 heavy (non-hydrogen) atoms. The van der Waals surface area contributed by atoms with Crippen LogP contribution in [-0.2, 0) is 25.4 Å². The Hall–Kier alpha value is -1.70. The van der Waals surface area contributed by atoms with Crippen LogP contribution in [0.25, 0.3) is 0 Å². The second-order valence-corrected chi connectivity index (χ2v) is 8.31. The number of carbonyl (C=O) groups excluding carboxylic acids is 1. The number of methoxy groups -OCH3 is 2. The Labute approximate surface area is 187 Å². The van der Waals surface area contributed by atoms with Crippen molar-refractivity contribution in [3.8, 4) is 5.75 Å². The van der Waals surface area contributed by atoms with Crippen molar-refractivity contribution in [2.75, 3.05) is 34.4 Å². The van der Waals surface area contributed by atoms with Gasteiger partial charge in [-0.2, -0.15) is 0 Å². The summed E-state index contributed by atoms with van der Waals surface area (Å²) in [4.78, 5) is 19.2. The Morgan fingerprint density at radius 3 is 2.61 bits per heavy atom. The lowest BCUT2D eigenvalue weighted by Gasteiger charge is -2.31. The van der Waals surface area contributed by atoms with E-state index in [0.29, 0.717) is 18.2 Å². The first-order valence-corrected chi connectivity index (χ1v) is 11.6. The van der Waals surface area contributed by atoms with Gasteiger partial charge in [-0.15, -0.1) is 0 Å². The Morgan fingerprint density at radius 2 is 1.97 bits per heavy atom. The molecule has 0 aromatic carbocycles. The highest BCUT2D eigenvalue weighted by atomic mass is 16.7. The minimum Gasteiger partial charge on any atom is -0.493 e. The minimum absolute atomic E-state index is 0.0878. The lowest BCUT2D eigenvalue weighted by molar-refractivity contribution is -0.174. The number of hydrogen-bond donors (Lipinski definition) is 0. The molecule has 0 unspecified atom stereocenters. The van der Waals surface area contributed by atoms with Gasteiger partial charge in [-0.05, 0) is 37.2 Å². The maximum absolute atomic E-state index is 13.2. The van der Waals surface area contributed by atoms with E-state index in [4.69, 9.17) is 18.9 Å². The summed E-state index contributed by atoms with van der Waals surface area (Å²) in [5.74, 6) is 2.11. The molecule has 1 atom stereocenters. The van der Waals surface area contributed by atoms with Gasteiger partial charge in [0.05, 0.1) is 18.7 Å². The number of carbonyl (C=O) groups is 1. The fourth-order valence-electron chi connectivity index (χ4n) is 3.65. The van der Waals surface area contributed by atoms with Crippen LogP contribution in [0.15, 0.2) is 18.3 Å². The first-order valence-electron chi connectivity index (χ1n) is 11.6. The number of pyridine rings is 1. The monoisotopic (exact) mass is 436 g/mol. The third kappa shape index (κ3) is 9.54. The maximum Gasteiger partial charge on any atom is 0.232 e. The van der Waals surface area contributed by atoms with E-state index in [9.17, 15) is 4.79 Å². The molecule has 2 rings (SSSR count). The van der Waals surface area contributed by atoms with Crippen molar-refractivity contribution in [2.45, 2.75) is 71.4 Å². The molecule has 1 aromatic heterocycles. The fourth-order valence-corrected chi connectivity index (χ4v) is 3.65. The number of hydrogen-bond acceptors (Lipinski definition) is 6. The minimum atomic E-state index is -0.397. The van der Waals surface area contributed by atoms with Crippen molar-refractivity contribution in [2.24, 2.45) is 11.8 Å². The fraction of sp³-hybridized carbons (Fsp3) is 0.750. The molecule has 0 N–H and O–H groups in total. The summed E-state index contributed by atoms with van der Waals surface area (Å²) in [6.07, 6.45) is 9.14. The summed E-state index contributed by atoms with van der Waals surface area (Å²) in [6, 6.07) is 3.69. The van der Waals surface area contributed by atoms with Crippen molar-refractivity contribution in [1.82, 2.24) is 9.88 Å². The highest BCUT2D eigenvalue weighted by Gasteiger charge is 2.26. The van der Waals surface area contributed by atoms with Crippen molar-refractivity contribution in [3.05, 3.63) is 24.0 Å². The van der Waals surface area contributed by atoms with Crippen molar-refractivity contribution < 1.29 is 23.7 Å². The Balaban J connectivity index is 1.99. The molecule has 1 heterocycles. The van der Waals surface area contributed by atoms with Gasteiger partial charge in [-0.25, -0.2) is 0 Å². The third-order valence-electron chi connectivity index (χ3n) is 5.90. The molecule has 0 aliphatic heterocycles. The second-order valence-electron chi connectivity index (χ2n) is 8.31. The van der Waals surface area contributed by atoms with Crippen LogP contribution in [0.3, 0.4) is 0 Å². The van der Waals surface area contributed by atoms with E-state index in [-0.39, 0.29) is 25.9 Å². The molecular formula is C24H40N2O5. The van der Waals surface area contributed by atoms with Gasteiger partial charge in [0.15, 0.2) is 0 Å². The molecule has 176 valence electrons. The van der Waals surface area contributed by atoms with E-state index < -0.39 is 6.23 Å². The molecule has 1 aromatic rings. The third-order valence-corrected chi connectivity index (χ3v) is 5.90. The second kappa shape index (κ2) is 14.4. The standard InChI is InChI=1S/C24H40N2O5/c1-5-19(6-2)9-10-24(31-18-29-4)26(17-28-3)23(27)16-21-15-22(11-13-25-21)30-14-12-20-7-8-20/h11,13,15,19-20,24H,5-10,12,14,16-18H2,1-4H3/t24-/m1/s1. The van der Waals surface area contributed by atoms with Crippen LogP contribution in [0.2, 0.25) is 0 Å². The quantitative estimate of drug-likeness (QED) is 0.337. The van der Waals surface area contributed by atoms with Crippen LogP contribution in [0, 0.1) is 11.8 Å². The molecule has 1 aliphatic carbocycles. The number of rotatable bonds is 17. The van der Waals surface area contributed by atoms with Crippen LogP contribution in [-0.4, -0.2) is 56.4 Å². The molecule has 0 saturated heterocycles. The van der Waals surface area contributed by atoms with E-state index in [0.717, 1.165) is 43.8 Å². The van der Waals surface area contributed by atoms with E-state index >= 15 is 0 Å². The maximum atomic E-state index is 13.2. The van der Waals surface area contributed by atoms with Gasteiger partial charge < -0.3 is 18.9 Å². The first-order chi connectivity index (χ1) is 15.1. The van der Waals surface area contributed by atoms with Crippen molar-refractivity contribution in [1.29, 1.82) is 0 Å². The predicted molar refractivity (Wildman–Crippen MR) is 120 cm³/mol. The van der Waals surface area contributed by atoms with Gasteiger partial charge in [0.25, 0.3) is 0 Å². The van der Waals surface area contributed by atoms with Crippen molar-refractivity contribution >= 4 is 5.91 Å². The SMILES string of the molecule is CCC(CC)CC[C@@H](OCOC)N(COC)C(=O)Cc1cc(OCCC2CC2)ccn1. The number of nitrogens with zero attached hydrogens (tertiary/aromatic N) is 2. The molecule has 1 aliphatic rings. The van der Waals surface area contributed by atoms with Gasteiger partial charge in [0.1, 0.15) is 25.5 Å². The molecule has 1 fully saturated rings. The average Bonchev–Trinajstić information content (AvgIpc) is 3.60. The van der Waals surface area contributed by atoms with Crippen LogP contribution in [0.5, 0.6) is 5.75 Å². The molecule has 7 heteroatoms. The number of amides is 1. The Bertz CT molecular complexity index is 634. The van der Waals surface area contributed by atoms with Gasteiger partial charge in [-0.3, -0.25) is 14.7 Å². The molecule has 7 nitrogen and oxygen atoms in total. The summed E-state index contributed by atoms with van der Waals surface area (Å²) in [7, 11) is 3.17. The highest BCUT2D eigenvalue weighted by molar-refractivity contribution is 5.78. The zero-order valence-electron chi connectivity index (χ0n) is 19.7. The Morgan fingerprint density at radius 1 is 1.19 bits per heavy atom. The molecule has 0 bridgehead atoms. The largest absolute Gasteiger partial charge is 0.493 e. The number of aromatic nitrogens is 1. The van der Waals surface area contributed by atoms with E-state index in [1.807, 2.05) is 12.1 Å². The van der Waals surface area contributed by atoms with Gasteiger partial charge in [0, 0.05) is 26.5 Å². The van der Waals surface area contributed by atoms with Gasteiger partial charge >= 0.3 is 0 Å². The van der Waals surface area contributed by atoms with Gasteiger partial charge in [-0.1, -0.05) is 39.5 Å². The van der Waals surface area contributed by atoms with E-state index in [1.54, 1.807) is 25.3 Å². The highest BCUT2D eigenvalue weighted by Crippen LogP contribution is 2.32. The lowest BCUT2D eigenvalue weighted by atomic mass is 9.97.